The highest BCUT2D eigenvalue weighted by molar-refractivity contribution is 7.13. The van der Waals surface area contributed by atoms with Crippen molar-refractivity contribution < 1.29 is 4.79 Å². The molecule has 2 heterocycles. The topological polar surface area (TPSA) is 46.9 Å². The van der Waals surface area contributed by atoms with Crippen LogP contribution in [0, 0.1) is 6.92 Å². The fourth-order valence-electron chi connectivity index (χ4n) is 3.08. The van der Waals surface area contributed by atoms with E-state index in [0.29, 0.717) is 18.7 Å². The van der Waals surface area contributed by atoms with E-state index in [0.717, 1.165) is 27.0 Å². The summed E-state index contributed by atoms with van der Waals surface area (Å²) in [5, 5.41) is 11.8. The molecule has 0 spiro atoms. The first-order valence-electron chi connectivity index (χ1n) is 8.57. The van der Waals surface area contributed by atoms with Gasteiger partial charge in [0.1, 0.15) is 5.69 Å². The molecule has 0 fully saturated rings. The molecule has 1 amide bonds. The third-order valence-corrected chi connectivity index (χ3v) is 5.29. The Morgan fingerprint density at radius 3 is 2.81 bits per heavy atom. The minimum atomic E-state index is -0.0508. The van der Waals surface area contributed by atoms with E-state index in [1.54, 1.807) is 11.3 Å². The second kappa shape index (κ2) is 7.14. The van der Waals surface area contributed by atoms with Gasteiger partial charge in [0.15, 0.2) is 0 Å². The van der Waals surface area contributed by atoms with Crippen molar-refractivity contribution in [1.29, 1.82) is 0 Å². The summed E-state index contributed by atoms with van der Waals surface area (Å²) >= 11 is 1.68. The van der Waals surface area contributed by atoms with Crippen LogP contribution in [0.2, 0.25) is 0 Å². The second-order valence-electron chi connectivity index (χ2n) is 6.15. The molecule has 1 N–H and O–H groups in total. The molecule has 2 aromatic heterocycles. The maximum atomic E-state index is 12.6. The van der Waals surface area contributed by atoms with Crippen molar-refractivity contribution in [3.05, 3.63) is 77.3 Å². The lowest BCUT2D eigenvalue weighted by Crippen LogP contribution is -2.27. The highest BCUT2D eigenvalue weighted by Crippen LogP contribution is 2.23. The van der Waals surface area contributed by atoms with E-state index in [1.807, 2.05) is 65.5 Å². The number of carbonyl (C=O) groups excluding carboxylic acids is 1. The quantitative estimate of drug-likeness (QED) is 0.569. The van der Waals surface area contributed by atoms with Crippen LogP contribution in [0.15, 0.2) is 66.0 Å². The molecule has 4 nitrogen and oxygen atoms in total. The molecular formula is C21H19N3OS. The SMILES string of the molecule is Cc1cc(-c2cccs2)nn1CCNC(=O)c1cccc2ccccc12. The molecule has 0 aliphatic carbocycles. The molecule has 0 saturated heterocycles. The molecule has 5 heteroatoms. The van der Waals surface area contributed by atoms with Crippen molar-refractivity contribution in [2.24, 2.45) is 0 Å². The average Bonchev–Trinajstić information content (AvgIpc) is 3.31. The van der Waals surface area contributed by atoms with Gasteiger partial charge in [0.05, 0.1) is 11.4 Å². The first kappa shape index (κ1) is 16.5. The molecule has 0 aliphatic rings. The van der Waals surface area contributed by atoms with E-state index in [-0.39, 0.29) is 5.91 Å². The number of hydrogen-bond donors (Lipinski definition) is 1. The summed E-state index contributed by atoms with van der Waals surface area (Å²) in [6.07, 6.45) is 0. The lowest BCUT2D eigenvalue weighted by atomic mass is 10.0. The Morgan fingerprint density at radius 2 is 1.96 bits per heavy atom. The third kappa shape index (κ3) is 3.26. The van der Waals surface area contributed by atoms with Gasteiger partial charge in [-0.25, -0.2) is 0 Å². The first-order valence-corrected chi connectivity index (χ1v) is 9.44. The molecule has 0 saturated carbocycles. The number of nitrogens with zero attached hydrogens (tertiary/aromatic N) is 2. The monoisotopic (exact) mass is 361 g/mol. The molecular weight excluding hydrogens is 342 g/mol. The zero-order chi connectivity index (χ0) is 17.9. The van der Waals surface area contributed by atoms with Crippen LogP contribution in [-0.2, 0) is 6.54 Å². The van der Waals surface area contributed by atoms with Gasteiger partial charge in [0.2, 0.25) is 0 Å². The minimum absolute atomic E-state index is 0.0508. The number of benzene rings is 2. The highest BCUT2D eigenvalue weighted by atomic mass is 32.1. The van der Waals surface area contributed by atoms with E-state index in [2.05, 4.69) is 22.5 Å². The van der Waals surface area contributed by atoms with Crippen molar-refractivity contribution in [3.63, 3.8) is 0 Å². The second-order valence-corrected chi connectivity index (χ2v) is 7.10. The van der Waals surface area contributed by atoms with Gasteiger partial charge < -0.3 is 5.32 Å². The molecule has 26 heavy (non-hydrogen) atoms. The molecule has 0 radical (unpaired) electrons. The summed E-state index contributed by atoms with van der Waals surface area (Å²) in [5.74, 6) is -0.0508. The Morgan fingerprint density at radius 1 is 1.12 bits per heavy atom. The molecule has 4 rings (SSSR count). The Bertz CT molecular complexity index is 1050. The van der Waals surface area contributed by atoms with Gasteiger partial charge >= 0.3 is 0 Å². The zero-order valence-electron chi connectivity index (χ0n) is 14.5. The average molecular weight is 361 g/mol. The van der Waals surface area contributed by atoms with Crippen molar-refractivity contribution in [2.45, 2.75) is 13.5 Å². The third-order valence-electron chi connectivity index (χ3n) is 4.40. The molecule has 2 aromatic carbocycles. The molecule has 0 bridgehead atoms. The van der Waals surface area contributed by atoms with E-state index in [1.165, 1.54) is 0 Å². The summed E-state index contributed by atoms with van der Waals surface area (Å²) < 4.78 is 1.94. The van der Waals surface area contributed by atoms with Gasteiger partial charge in [-0.05, 0) is 41.3 Å². The van der Waals surface area contributed by atoms with Crippen molar-refractivity contribution in [1.82, 2.24) is 15.1 Å². The molecule has 0 atom stereocenters. The van der Waals surface area contributed by atoms with Crippen LogP contribution in [0.5, 0.6) is 0 Å². The van der Waals surface area contributed by atoms with Gasteiger partial charge in [-0.1, -0.05) is 42.5 Å². The van der Waals surface area contributed by atoms with Gasteiger partial charge in [0, 0.05) is 17.8 Å². The number of aryl methyl sites for hydroxylation is 1. The van der Waals surface area contributed by atoms with E-state index < -0.39 is 0 Å². The van der Waals surface area contributed by atoms with Crippen molar-refractivity contribution in [3.8, 4) is 10.6 Å². The van der Waals surface area contributed by atoms with Crippen LogP contribution in [-0.4, -0.2) is 22.2 Å². The molecule has 0 aliphatic heterocycles. The summed E-state index contributed by atoms with van der Waals surface area (Å²) in [4.78, 5) is 13.7. The molecule has 0 unspecified atom stereocenters. The molecule has 130 valence electrons. The van der Waals surface area contributed by atoms with Gasteiger partial charge in [-0.3, -0.25) is 9.48 Å². The maximum Gasteiger partial charge on any atom is 0.251 e. The van der Waals surface area contributed by atoms with E-state index in [9.17, 15) is 4.79 Å². The van der Waals surface area contributed by atoms with Gasteiger partial charge in [-0.15, -0.1) is 11.3 Å². The lowest BCUT2D eigenvalue weighted by molar-refractivity contribution is 0.0953. The number of nitrogens with one attached hydrogen (secondary N) is 1. The van der Waals surface area contributed by atoms with Crippen LogP contribution < -0.4 is 5.32 Å². The fraction of sp³-hybridized carbons (Fsp3) is 0.143. The maximum absolute atomic E-state index is 12.6. The van der Waals surface area contributed by atoms with Gasteiger partial charge in [-0.2, -0.15) is 5.10 Å². The van der Waals surface area contributed by atoms with Crippen LogP contribution in [0.3, 0.4) is 0 Å². The summed E-state index contributed by atoms with van der Waals surface area (Å²) in [5.41, 5.74) is 2.78. The minimum Gasteiger partial charge on any atom is -0.350 e. The number of fused-ring (bicyclic) bond motifs is 1. The first-order chi connectivity index (χ1) is 12.7. The number of aromatic nitrogens is 2. The lowest BCUT2D eigenvalue weighted by Gasteiger charge is -2.09. The van der Waals surface area contributed by atoms with Crippen LogP contribution in [0.25, 0.3) is 21.3 Å². The standard InChI is InChI=1S/C21H19N3OS/c1-15-14-19(20-10-5-13-26-20)23-24(15)12-11-22-21(25)18-9-4-7-16-6-2-3-8-17(16)18/h2-10,13-14H,11-12H2,1H3,(H,22,25). The van der Waals surface area contributed by atoms with Crippen LogP contribution in [0.1, 0.15) is 16.1 Å². The van der Waals surface area contributed by atoms with Crippen molar-refractivity contribution >= 4 is 28.0 Å². The van der Waals surface area contributed by atoms with E-state index >= 15 is 0 Å². The fourth-order valence-corrected chi connectivity index (χ4v) is 3.76. The van der Waals surface area contributed by atoms with Gasteiger partial charge in [0.25, 0.3) is 5.91 Å². The summed E-state index contributed by atoms with van der Waals surface area (Å²) in [6.45, 7) is 3.22. The number of amides is 1. The number of carbonyl (C=O) groups is 1. The number of thiophene rings is 1. The number of hydrogen-bond acceptors (Lipinski definition) is 3. The zero-order valence-corrected chi connectivity index (χ0v) is 15.3. The van der Waals surface area contributed by atoms with Crippen molar-refractivity contribution in [2.75, 3.05) is 6.54 Å². The summed E-state index contributed by atoms with van der Waals surface area (Å²) in [6, 6.07) is 19.9. The summed E-state index contributed by atoms with van der Waals surface area (Å²) in [7, 11) is 0. The number of rotatable bonds is 5. The predicted molar refractivity (Wildman–Crippen MR) is 107 cm³/mol. The Kier molecular flexibility index (Phi) is 4.54. The Balaban J connectivity index is 1.44. The van der Waals surface area contributed by atoms with Crippen LogP contribution in [0.4, 0.5) is 0 Å². The largest absolute Gasteiger partial charge is 0.350 e. The smallest absolute Gasteiger partial charge is 0.251 e. The normalized spacial score (nSPS) is 11.0. The highest BCUT2D eigenvalue weighted by Gasteiger charge is 2.10. The van der Waals surface area contributed by atoms with E-state index in [4.69, 9.17) is 0 Å². The predicted octanol–water partition coefficient (Wildman–Crippen LogP) is 4.50. The van der Waals surface area contributed by atoms with Crippen LogP contribution >= 0.6 is 11.3 Å². The Labute approximate surface area is 156 Å². The Hall–Kier alpha value is -2.92. The molecule has 4 aromatic rings.